The lowest BCUT2D eigenvalue weighted by Gasteiger charge is -2.16. The SMILES string of the molecule is NCCCCN1C(=O)Cc2ccccc21. The normalized spacial score (nSPS) is 14.5. The zero-order valence-electron chi connectivity index (χ0n) is 8.78. The molecule has 1 amide bonds. The van der Waals surface area contributed by atoms with Gasteiger partial charge in [-0.25, -0.2) is 0 Å². The van der Waals surface area contributed by atoms with Crippen molar-refractivity contribution >= 4 is 11.6 Å². The van der Waals surface area contributed by atoms with Crippen LogP contribution in [0.3, 0.4) is 0 Å². The first-order valence-electron chi connectivity index (χ1n) is 5.41. The van der Waals surface area contributed by atoms with E-state index >= 15 is 0 Å². The van der Waals surface area contributed by atoms with E-state index in [4.69, 9.17) is 5.73 Å². The molecule has 0 bridgehead atoms. The minimum Gasteiger partial charge on any atom is -0.330 e. The Kier molecular flexibility index (Phi) is 3.02. The Labute approximate surface area is 89.9 Å². The van der Waals surface area contributed by atoms with Crippen LogP contribution in [0.15, 0.2) is 24.3 Å². The van der Waals surface area contributed by atoms with E-state index in [0.717, 1.165) is 30.6 Å². The van der Waals surface area contributed by atoms with Crippen LogP contribution in [0.1, 0.15) is 18.4 Å². The highest BCUT2D eigenvalue weighted by molar-refractivity contribution is 6.01. The van der Waals surface area contributed by atoms with Gasteiger partial charge in [-0.15, -0.1) is 0 Å². The van der Waals surface area contributed by atoms with E-state index in [1.807, 2.05) is 29.2 Å². The molecule has 0 saturated carbocycles. The quantitative estimate of drug-likeness (QED) is 0.752. The number of unbranched alkanes of at least 4 members (excludes halogenated alkanes) is 1. The van der Waals surface area contributed by atoms with Crippen molar-refractivity contribution < 1.29 is 4.79 Å². The van der Waals surface area contributed by atoms with Gasteiger partial charge >= 0.3 is 0 Å². The van der Waals surface area contributed by atoms with E-state index in [9.17, 15) is 4.79 Å². The Morgan fingerprint density at radius 3 is 2.87 bits per heavy atom. The number of benzene rings is 1. The maximum absolute atomic E-state index is 11.7. The van der Waals surface area contributed by atoms with Gasteiger partial charge in [0.05, 0.1) is 6.42 Å². The molecule has 0 atom stereocenters. The van der Waals surface area contributed by atoms with Gasteiger partial charge in [0.25, 0.3) is 0 Å². The first-order valence-corrected chi connectivity index (χ1v) is 5.41. The molecule has 3 nitrogen and oxygen atoms in total. The predicted molar refractivity (Wildman–Crippen MR) is 60.8 cm³/mol. The van der Waals surface area contributed by atoms with Gasteiger partial charge in [0.2, 0.25) is 5.91 Å². The Morgan fingerprint density at radius 2 is 2.07 bits per heavy atom. The van der Waals surface area contributed by atoms with Crippen molar-refractivity contribution in [2.75, 3.05) is 18.0 Å². The van der Waals surface area contributed by atoms with Crippen molar-refractivity contribution in [2.45, 2.75) is 19.3 Å². The summed E-state index contributed by atoms with van der Waals surface area (Å²) >= 11 is 0. The summed E-state index contributed by atoms with van der Waals surface area (Å²) in [4.78, 5) is 13.6. The van der Waals surface area contributed by atoms with Gasteiger partial charge in [0.1, 0.15) is 0 Å². The van der Waals surface area contributed by atoms with Crippen LogP contribution in [0.25, 0.3) is 0 Å². The minimum atomic E-state index is 0.216. The number of hydrogen-bond donors (Lipinski definition) is 1. The van der Waals surface area contributed by atoms with E-state index in [-0.39, 0.29) is 5.91 Å². The zero-order chi connectivity index (χ0) is 10.7. The first-order chi connectivity index (χ1) is 7.33. The monoisotopic (exact) mass is 204 g/mol. The minimum absolute atomic E-state index is 0.216. The standard InChI is InChI=1S/C12H16N2O/c13-7-3-4-8-14-11-6-2-1-5-10(11)9-12(14)15/h1-2,5-6H,3-4,7-9,13H2. The molecular formula is C12H16N2O. The smallest absolute Gasteiger partial charge is 0.231 e. The number of amides is 1. The number of carbonyl (C=O) groups excluding carboxylic acids is 1. The van der Waals surface area contributed by atoms with Crippen molar-refractivity contribution in [3.05, 3.63) is 29.8 Å². The average molecular weight is 204 g/mol. The van der Waals surface area contributed by atoms with Crippen molar-refractivity contribution in [1.82, 2.24) is 0 Å². The van der Waals surface area contributed by atoms with Gasteiger partial charge in [-0.05, 0) is 31.0 Å². The van der Waals surface area contributed by atoms with Crippen LogP contribution in [0.5, 0.6) is 0 Å². The summed E-state index contributed by atoms with van der Waals surface area (Å²) in [6.07, 6.45) is 2.52. The number of fused-ring (bicyclic) bond motifs is 1. The number of para-hydroxylation sites is 1. The van der Waals surface area contributed by atoms with E-state index in [2.05, 4.69) is 0 Å². The molecule has 0 radical (unpaired) electrons. The van der Waals surface area contributed by atoms with Crippen LogP contribution in [-0.4, -0.2) is 19.0 Å². The van der Waals surface area contributed by atoms with Gasteiger partial charge in [-0.3, -0.25) is 4.79 Å². The van der Waals surface area contributed by atoms with Crippen LogP contribution < -0.4 is 10.6 Å². The van der Waals surface area contributed by atoms with Crippen LogP contribution in [-0.2, 0) is 11.2 Å². The predicted octanol–water partition coefficient (Wildman–Crippen LogP) is 1.31. The fraction of sp³-hybridized carbons (Fsp3) is 0.417. The molecule has 0 aliphatic carbocycles. The molecule has 0 aromatic heterocycles. The molecule has 2 rings (SSSR count). The van der Waals surface area contributed by atoms with E-state index in [1.165, 1.54) is 0 Å². The molecule has 1 heterocycles. The topological polar surface area (TPSA) is 46.3 Å². The van der Waals surface area contributed by atoms with Gasteiger partial charge in [0, 0.05) is 12.2 Å². The van der Waals surface area contributed by atoms with Gasteiger partial charge < -0.3 is 10.6 Å². The van der Waals surface area contributed by atoms with E-state index in [1.54, 1.807) is 0 Å². The lowest BCUT2D eigenvalue weighted by Crippen LogP contribution is -2.28. The first kappa shape index (κ1) is 10.2. The Hall–Kier alpha value is -1.35. The van der Waals surface area contributed by atoms with E-state index in [0.29, 0.717) is 13.0 Å². The third-order valence-electron chi connectivity index (χ3n) is 2.76. The zero-order valence-corrected chi connectivity index (χ0v) is 8.78. The van der Waals surface area contributed by atoms with Gasteiger partial charge in [-0.2, -0.15) is 0 Å². The van der Waals surface area contributed by atoms with Gasteiger partial charge in [0.15, 0.2) is 0 Å². The van der Waals surface area contributed by atoms with Crippen molar-refractivity contribution in [1.29, 1.82) is 0 Å². The molecular weight excluding hydrogens is 188 g/mol. The highest BCUT2D eigenvalue weighted by Gasteiger charge is 2.25. The van der Waals surface area contributed by atoms with Crippen LogP contribution >= 0.6 is 0 Å². The van der Waals surface area contributed by atoms with Gasteiger partial charge in [-0.1, -0.05) is 18.2 Å². The summed E-state index contributed by atoms with van der Waals surface area (Å²) < 4.78 is 0. The number of rotatable bonds is 4. The largest absolute Gasteiger partial charge is 0.330 e. The van der Waals surface area contributed by atoms with Crippen molar-refractivity contribution in [3.8, 4) is 0 Å². The van der Waals surface area contributed by atoms with Crippen molar-refractivity contribution in [2.24, 2.45) is 5.73 Å². The molecule has 0 saturated heterocycles. The lowest BCUT2D eigenvalue weighted by molar-refractivity contribution is -0.117. The number of nitrogens with zero attached hydrogens (tertiary/aromatic N) is 1. The molecule has 0 fully saturated rings. The molecule has 3 heteroatoms. The number of anilines is 1. The summed E-state index contributed by atoms with van der Waals surface area (Å²) in [7, 11) is 0. The Balaban J connectivity index is 2.08. The Bertz CT molecular complexity index is 362. The lowest BCUT2D eigenvalue weighted by atomic mass is 10.2. The van der Waals surface area contributed by atoms with Crippen LogP contribution in [0.2, 0.25) is 0 Å². The molecule has 0 spiro atoms. The fourth-order valence-electron chi connectivity index (χ4n) is 1.98. The Morgan fingerprint density at radius 1 is 1.27 bits per heavy atom. The van der Waals surface area contributed by atoms with Crippen molar-refractivity contribution in [3.63, 3.8) is 0 Å². The third-order valence-corrected chi connectivity index (χ3v) is 2.76. The van der Waals surface area contributed by atoms with Crippen LogP contribution in [0, 0.1) is 0 Å². The highest BCUT2D eigenvalue weighted by atomic mass is 16.2. The average Bonchev–Trinajstić information content (AvgIpc) is 2.56. The second kappa shape index (κ2) is 4.45. The second-order valence-electron chi connectivity index (χ2n) is 3.85. The number of nitrogens with two attached hydrogens (primary N) is 1. The highest BCUT2D eigenvalue weighted by Crippen LogP contribution is 2.28. The second-order valence-corrected chi connectivity index (χ2v) is 3.85. The molecule has 1 aromatic rings. The fourth-order valence-corrected chi connectivity index (χ4v) is 1.98. The molecule has 1 aliphatic rings. The maximum atomic E-state index is 11.7. The molecule has 1 aromatic carbocycles. The summed E-state index contributed by atoms with van der Waals surface area (Å²) in [6, 6.07) is 8.00. The molecule has 0 unspecified atom stereocenters. The third kappa shape index (κ3) is 2.02. The summed E-state index contributed by atoms with van der Waals surface area (Å²) in [5, 5.41) is 0. The molecule has 15 heavy (non-hydrogen) atoms. The molecule has 1 aliphatic heterocycles. The van der Waals surface area contributed by atoms with Crippen LogP contribution in [0.4, 0.5) is 5.69 Å². The summed E-state index contributed by atoms with van der Waals surface area (Å²) in [5.41, 5.74) is 7.67. The number of hydrogen-bond acceptors (Lipinski definition) is 2. The van der Waals surface area contributed by atoms with E-state index < -0.39 is 0 Å². The number of carbonyl (C=O) groups is 1. The molecule has 2 N–H and O–H groups in total. The summed E-state index contributed by atoms with van der Waals surface area (Å²) in [6.45, 7) is 1.50. The molecule has 80 valence electrons. The maximum Gasteiger partial charge on any atom is 0.231 e. The summed E-state index contributed by atoms with van der Waals surface area (Å²) in [5.74, 6) is 0.216.